The minimum atomic E-state index is -3.78. The number of hydrogen-bond acceptors (Lipinski definition) is 4. The summed E-state index contributed by atoms with van der Waals surface area (Å²) < 4.78 is 37.0. The zero-order chi connectivity index (χ0) is 17.3. The van der Waals surface area contributed by atoms with E-state index in [-0.39, 0.29) is 10.7 Å². The van der Waals surface area contributed by atoms with Gasteiger partial charge in [-0.3, -0.25) is 4.79 Å². The highest BCUT2D eigenvalue weighted by Crippen LogP contribution is 2.23. The van der Waals surface area contributed by atoms with Crippen molar-refractivity contribution in [3.05, 3.63) is 66.1 Å². The van der Waals surface area contributed by atoms with E-state index in [2.05, 4.69) is 5.10 Å². The first-order valence-corrected chi connectivity index (χ1v) is 8.37. The monoisotopic (exact) mass is 345 g/mol. The van der Waals surface area contributed by atoms with Crippen molar-refractivity contribution in [2.75, 3.05) is 0 Å². The Labute approximate surface area is 137 Å². The number of aromatic nitrogens is 2. The fraction of sp³-hybridized carbons (Fsp3) is 0. The maximum absolute atomic E-state index is 13.0. The van der Waals surface area contributed by atoms with Crippen LogP contribution in [0.1, 0.15) is 10.4 Å². The number of halogens is 1. The molecule has 1 aromatic heterocycles. The number of aldehydes is 1. The second kappa shape index (κ2) is 5.99. The van der Waals surface area contributed by atoms with Crippen LogP contribution in [0.15, 0.2) is 59.6 Å². The largest absolute Gasteiger partial charge is 0.298 e. The van der Waals surface area contributed by atoms with E-state index in [1.54, 1.807) is 0 Å². The highest BCUT2D eigenvalue weighted by atomic mass is 32.2. The van der Waals surface area contributed by atoms with Crippen LogP contribution in [0.3, 0.4) is 0 Å². The molecule has 0 fully saturated rings. The summed E-state index contributed by atoms with van der Waals surface area (Å²) in [6.07, 6.45) is 2.17. The lowest BCUT2D eigenvalue weighted by atomic mass is 10.1. The second-order valence-corrected chi connectivity index (χ2v) is 6.60. The molecule has 2 N–H and O–H groups in total. The van der Waals surface area contributed by atoms with Crippen molar-refractivity contribution in [3.63, 3.8) is 0 Å². The summed E-state index contributed by atoms with van der Waals surface area (Å²) in [4.78, 5) is 11.3. The van der Waals surface area contributed by atoms with Crippen molar-refractivity contribution in [1.82, 2.24) is 9.78 Å². The third kappa shape index (κ3) is 3.10. The number of sulfonamides is 1. The third-order valence-corrected chi connectivity index (χ3v) is 4.35. The molecule has 3 rings (SSSR count). The molecule has 0 radical (unpaired) electrons. The zero-order valence-electron chi connectivity index (χ0n) is 12.3. The molecule has 6 nitrogen and oxygen atoms in total. The van der Waals surface area contributed by atoms with Gasteiger partial charge in [0.2, 0.25) is 10.0 Å². The molecule has 0 unspecified atom stereocenters. The lowest BCUT2D eigenvalue weighted by Gasteiger charge is -2.03. The normalized spacial score (nSPS) is 11.4. The fourth-order valence-electron chi connectivity index (χ4n) is 2.23. The molecule has 0 atom stereocenters. The molecule has 0 aliphatic carbocycles. The molecule has 24 heavy (non-hydrogen) atoms. The van der Waals surface area contributed by atoms with Crippen molar-refractivity contribution in [1.29, 1.82) is 0 Å². The van der Waals surface area contributed by atoms with E-state index in [1.807, 2.05) is 0 Å². The first kappa shape index (κ1) is 16.0. The molecule has 1 heterocycles. The third-order valence-electron chi connectivity index (χ3n) is 3.42. The summed E-state index contributed by atoms with van der Waals surface area (Å²) in [5, 5.41) is 9.38. The SMILES string of the molecule is NS(=O)(=O)c1ccc(-n2cc(C=O)c(-c3ccc(F)cc3)n2)cc1. The molecular formula is C16H12FN3O3S. The van der Waals surface area contributed by atoms with Crippen molar-refractivity contribution in [2.45, 2.75) is 4.90 Å². The van der Waals surface area contributed by atoms with Gasteiger partial charge in [-0.25, -0.2) is 22.6 Å². The molecule has 0 amide bonds. The maximum Gasteiger partial charge on any atom is 0.238 e. The predicted molar refractivity (Wildman–Crippen MR) is 85.7 cm³/mol. The van der Waals surface area contributed by atoms with Gasteiger partial charge in [0.1, 0.15) is 11.5 Å². The van der Waals surface area contributed by atoms with Gasteiger partial charge in [-0.1, -0.05) is 0 Å². The van der Waals surface area contributed by atoms with E-state index in [0.29, 0.717) is 28.8 Å². The van der Waals surface area contributed by atoms with Gasteiger partial charge in [0.05, 0.1) is 16.1 Å². The Kier molecular flexibility index (Phi) is 4.00. The summed E-state index contributed by atoms with van der Waals surface area (Å²) in [7, 11) is -3.78. The van der Waals surface area contributed by atoms with Gasteiger partial charge in [-0.15, -0.1) is 0 Å². The van der Waals surface area contributed by atoms with E-state index < -0.39 is 10.0 Å². The number of rotatable bonds is 4. The lowest BCUT2D eigenvalue weighted by Crippen LogP contribution is -2.12. The number of carbonyl (C=O) groups is 1. The van der Waals surface area contributed by atoms with Crippen molar-refractivity contribution >= 4 is 16.3 Å². The van der Waals surface area contributed by atoms with E-state index in [4.69, 9.17) is 5.14 Å². The van der Waals surface area contributed by atoms with Gasteiger partial charge in [-0.05, 0) is 48.5 Å². The fourth-order valence-corrected chi connectivity index (χ4v) is 2.74. The second-order valence-electron chi connectivity index (χ2n) is 5.04. The van der Waals surface area contributed by atoms with Gasteiger partial charge in [-0.2, -0.15) is 5.10 Å². The molecule has 3 aromatic rings. The highest BCUT2D eigenvalue weighted by Gasteiger charge is 2.13. The molecule has 0 saturated heterocycles. The van der Waals surface area contributed by atoms with Crippen LogP contribution in [0.4, 0.5) is 4.39 Å². The number of benzene rings is 2. The molecule has 0 aliphatic rings. The molecule has 0 aliphatic heterocycles. The predicted octanol–water partition coefficient (Wildman–Crippen LogP) is 2.14. The van der Waals surface area contributed by atoms with Crippen LogP contribution in [-0.2, 0) is 10.0 Å². The summed E-state index contributed by atoms with van der Waals surface area (Å²) in [5.74, 6) is -0.385. The number of hydrogen-bond donors (Lipinski definition) is 1. The molecular weight excluding hydrogens is 333 g/mol. The molecule has 0 saturated carbocycles. The Bertz CT molecular complexity index is 994. The van der Waals surface area contributed by atoms with Crippen LogP contribution in [-0.4, -0.2) is 24.5 Å². The molecule has 0 spiro atoms. The van der Waals surface area contributed by atoms with Crippen LogP contribution in [0.25, 0.3) is 16.9 Å². The van der Waals surface area contributed by atoms with Crippen molar-refractivity contribution in [2.24, 2.45) is 5.14 Å². The Morgan fingerprint density at radius 2 is 1.67 bits per heavy atom. The van der Waals surface area contributed by atoms with E-state index in [1.165, 1.54) is 59.4 Å². The summed E-state index contributed by atoms with van der Waals surface area (Å²) in [6, 6.07) is 11.4. The van der Waals surface area contributed by atoms with Crippen LogP contribution in [0.5, 0.6) is 0 Å². The van der Waals surface area contributed by atoms with Gasteiger partial charge < -0.3 is 0 Å². The summed E-state index contributed by atoms with van der Waals surface area (Å²) in [5.41, 5.74) is 1.88. The van der Waals surface area contributed by atoms with Gasteiger partial charge in [0, 0.05) is 11.8 Å². The van der Waals surface area contributed by atoms with Gasteiger partial charge in [0.25, 0.3) is 0 Å². The van der Waals surface area contributed by atoms with Crippen molar-refractivity contribution < 1.29 is 17.6 Å². The average molecular weight is 345 g/mol. The molecule has 2 aromatic carbocycles. The van der Waals surface area contributed by atoms with Gasteiger partial charge >= 0.3 is 0 Å². The maximum atomic E-state index is 13.0. The molecule has 122 valence electrons. The number of nitrogens with two attached hydrogens (primary N) is 1. The van der Waals surface area contributed by atoms with E-state index in [9.17, 15) is 17.6 Å². The molecule has 0 bridgehead atoms. The van der Waals surface area contributed by atoms with Gasteiger partial charge in [0.15, 0.2) is 6.29 Å². The topological polar surface area (TPSA) is 95.0 Å². The lowest BCUT2D eigenvalue weighted by molar-refractivity contribution is 0.112. The minimum absolute atomic E-state index is 0.0206. The first-order valence-electron chi connectivity index (χ1n) is 6.82. The number of carbonyl (C=O) groups excluding carboxylic acids is 1. The quantitative estimate of drug-likeness (QED) is 0.733. The Balaban J connectivity index is 2.04. The minimum Gasteiger partial charge on any atom is -0.298 e. The van der Waals surface area contributed by atoms with E-state index in [0.717, 1.165) is 0 Å². The van der Waals surface area contributed by atoms with Crippen LogP contribution < -0.4 is 5.14 Å². The first-order chi connectivity index (χ1) is 11.4. The summed E-state index contributed by atoms with van der Waals surface area (Å²) in [6.45, 7) is 0. The van der Waals surface area contributed by atoms with E-state index >= 15 is 0 Å². The number of primary sulfonamides is 1. The van der Waals surface area contributed by atoms with Crippen LogP contribution in [0, 0.1) is 5.82 Å². The van der Waals surface area contributed by atoms with Crippen LogP contribution in [0.2, 0.25) is 0 Å². The zero-order valence-corrected chi connectivity index (χ0v) is 13.1. The average Bonchev–Trinajstić information content (AvgIpc) is 2.99. The van der Waals surface area contributed by atoms with Crippen LogP contribution >= 0.6 is 0 Å². The number of nitrogens with zero attached hydrogens (tertiary/aromatic N) is 2. The summed E-state index contributed by atoms with van der Waals surface area (Å²) >= 11 is 0. The highest BCUT2D eigenvalue weighted by molar-refractivity contribution is 7.89. The van der Waals surface area contributed by atoms with Crippen molar-refractivity contribution in [3.8, 4) is 16.9 Å². The standard InChI is InChI=1S/C16H12FN3O3S/c17-13-3-1-11(2-4-13)16-12(10-21)9-20(19-16)14-5-7-15(8-6-14)24(18,22)23/h1-10H,(H2,18,22,23). The smallest absolute Gasteiger partial charge is 0.238 e. The Morgan fingerprint density at radius 1 is 1.04 bits per heavy atom. The Morgan fingerprint density at radius 3 is 2.21 bits per heavy atom. The Hall–Kier alpha value is -2.84. The molecule has 8 heteroatoms.